The number of nitrogens with zero attached hydrogens (tertiary/aromatic N) is 2. The van der Waals surface area contributed by atoms with Gasteiger partial charge in [0.1, 0.15) is 5.01 Å². The SMILES string of the molecule is Cc1ccccc1NC(=O)Nc1ccc(CC(=O)N2CSCC2c2ncc(CCC(=O)O)s2)cc1. The molecular weight excluding hydrogens is 484 g/mol. The Morgan fingerprint density at radius 2 is 1.89 bits per heavy atom. The van der Waals surface area contributed by atoms with Crippen LogP contribution in [0.3, 0.4) is 0 Å². The van der Waals surface area contributed by atoms with Crippen molar-refractivity contribution in [1.82, 2.24) is 9.88 Å². The van der Waals surface area contributed by atoms with Gasteiger partial charge in [-0.05, 0) is 42.7 Å². The fourth-order valence-electron chi connectivity index (χ4n) is 3.70. The highest BCUT2D eigenvalue weighted by molar-refractivity contribution is 7.99. The van der Waals surface area contributed by atoms with Crippen LogP contribution >= 0.6 is 23.1 Å². The molecule has 0 aliphatic carbocycles. The predicted molar refractivity (Wildman–Crippen MR) is 139 cm³/mol. The van der Waals surface area contributed by atoms with Gasteiger partial charge in [0.05, 0.1) is 24.8 Å². The Morgan fingerprint density at radius 1 is 1.11 bits per heavy atom. The van der Waals surface area contributed by atoms with E-state index in [-0.39, 0.29) is 30.8 Å². The van der Waals surface area contributed by atoms with Crippen molar-refractivity contribution in [3.05, 3.63) is 75.7 Å². The Labute approximate surface area is 211 Å². The van der Waals surface area contributed by atoms with E-state index in [1.165, 1.54) is 11.3 Å². The minimum absolute atomic E-state index is 0.0142. The van der Waals surface area contributed by atoms with Gasteiger partial charge in [-0.2, -0.15) is 0 Å². The number of benzene rings is 2. The first-order valence-electron chi connectivity index (χ1n) is 11.1. The fourth-order valence-corrected chi connectivity index (χ4v) is 6.02. The highest BCUT2D eigenvalue weighted by Gasteiger charge is 2.32. The minimum atomic E-state index is -0.832. The second-order valence-electron chi connectivity index (χ2n) is 8.21. The molecule has 3 amide bonds. The molecule has 0 spiro atoms. The first-order valence-corrected chi connectivity index (χ1v) is 13.1. The number of hydrogen-bond donors (Lipinski definition) is 3. The van der Waals surface area contributed by atoms with Crippen molar-refractivity contribution in [2.24, 2.45) is 0 Å². The number of para-hydroxylation sites is 1. The number of hydrogen-bond acceptors (Lipinski definition) is 6. The number of urea groups is 1. The number of carboxylic acid groups (broad SMARTS) is 1. The van der Waals surface area contributed by atoms with E-state index in [4.69, 9.17) is 5.11 Å². The molecule has 1 fully saturated rings. The molecule has 182 valence electrons. The number of rotatable bonds is 8. The van der Waals surface area contributed by atoms with E-state index < -0.39 is 5.97 Å². The highest BCUT2D eigenvalue weighted by atomic mass is 32.2. The molecule has 2 aromatic carbocycles. The van der Waals surface area contributed by atoms with E-state index in [0.29, 0.717) is 18.0 Å². The van der Waals surface area contributed by atoms with Gasteiger partial charge >= 0.3 is 12.0 Å². The molecule has 1 saturated heterocycles. The summed E-state index contributed by atoms with van der Waals surface area (Å²) in [5.74, 6) is 0.560. The maximum atomic E-state index is 13.1. The largest absolute Gasteiger partial charge is 0.481 e. The van der Waals surface area contributed by atoms with Crippen LogP contribution in [0.25, 0.3) is 0 Å². The number of amides is 3. The highest BCUT2D eigenvalue weighted by Crippen LogP contribution is 2.36. The molecule has 1 aliphatic rings. The monoisotopic (exact) mass is 510 g/mol. The summed E-state index contributed by atoms with van der Waals surface area (Å²) in [5, 5.41) is 15.4. The molecule has 10 heteroatoms. The Bertz CT molecular complexity index is 1210. The Balaban J connectivity index is 1.32. The van der Waals surface area contributed by atoms with Gasteiger partial charge in [0, 0.05) is 28.2 Å². The van der Waals surface area contributed by atoms with Gasteiger partial charge in [-0.25, -0.2) is 9.78 Å². The average Bonchev–Trinajstić information content (AvgIpc) is 3.50. The summed E-state index contributed by atoms with van der Waals surface area (Å²) >= 11 is 3.17. The Hall–Kier alpha value is -3.37. The third-order valence-corrected chi connectivity index (χ3v) is 7.78. The second-order valence-corrected chi connectivity index (χ2v) is 10.4. The van der Waals surface area contributed by atoms with Crippen LogP contribution in [-0.4, -0.2) is 44.5 Å². The fraction of sp³-hybridized carbons (Fsp3) is 0.280. The lowest BCUT2D eigenvalue weighted by molar-refractivity contribution is -0.137. The Kier molecular flexibility index (Phi) is 8.04. The molecule has 1 atom stereocenters. The zero-order valence-corrected chi connectivity index (χ0v) is 20.8. The number of aromatic nitrogens is 1. The van der Waals surface area contributed by atoms with Crippen molar-refractivity contribution < 1.29 is 19.5 Å². The summed E-state index contributed by atoms with van der Waals surface area (Å²) in [4.78, 5) is 43.4. The molecule has 35 heavy (non-hydrogen) atoms. The van der Waals surface area contributed by atoms with Crippen molar-refractivity contribution >= 4 is 52.4 Å². The lowest BCUT2D eigenvalue weighted by Gasteiger charge is -2.22. The maximum Gasteiger partial charge on any atom is 0.323 e. The number of thiazole rings is 1. The molecule has 1 aromatic heterocycles. The van der Waals surface area contributed by atoms with E-state index in [9.17, 15) is 14.4 Å². The van der Waals surface area contributed by atoms with Crippen molar-refractivity contribution in [3.63, 3.8) is 0 Å². The number of thioether (sulfide) groups is 1. The molecule has 0 radical (unpaired) electrons. The summed E-state index contributed by atoms with van der Waals surface area (Å²) < 4.78 is 0. The standard InChI is InChI=1S/C25H26N4O4S2/c1-16-4-2-3-5-20(16)28-25(33)27-18-8-6-17(7-9-18)12-22(30)29-15-34-14-21(29)24-26-13-19(35-24)10-11-23(31)32/h2-9,13,21H,10-12,14-15H2,1H3,(H,31,32)(H2,27,28,33). The molecular formula is C25H26N4O4S2. The van der Waals surface area contributed by atoms with Crippen LogP contribution in [0.5, 0.6) is 0 Å². The summed E-state index contributed by atoms with van der Waals surface area (Å²) in [6.45, 7) is 1.93. The molecule has 3 N–H and O–H groups in total. The van der Waals surface area contributed by atoms with Crippen LogP contribution in [0.1, 0.15) is 33.5 Å². The van der Waals surface area contributed by atoms with Gasteiger partial charge in [-0.3, -0.25) is 9.59 Å². The van der Waals surface area contributed by atoms with Crippen LogP contribution in [-0.2, 0) is 22.4 Å². The van der Waals surface area contributed by atoms with Crippen LogP contribution in [0, 0.1) is 6.92 Å². The molecule has 3 aromatic rings. The van der Waals surface area contributed by atoms with Crippen LogP contribution in [0.15, 0.2) is 54.7 Å². The number of anilines is 2. The van der Waals surface area contributed by atoms with Gasteiger partial charge in [-0.15, -0.1) is 23.1 Å². The summed E-state index contributed by atoms with van der Waals surface area (Å²) in [6, 6.07) is 14.4. The smallest absolute Gasteiger partial charge is 0.323 e. The van der Waals surface area contributed by atoms with Gasteiger partial charge in [0.25, 0.3) is 0 Å². The van der Waals surface area contributed by atoms with Gasteiger partial charge in [0.2, 0.25) is 5.91 Å². The van der Waals surface area contributed by atoms with Gasteiger partial charge in [0.15, 0.2) is 0 Å². The van der Waals surface area contributed by atoms with Crippen LogP contribution in [0.2, 0.25) is 0 Å². The first kappa shape index (κ1) is 24.7. The summed E-state index contributed by atoms with van der Waals surface area (Å²) in [7, 11) is 0. The molecule has 8 nitrogen and oxygen atoms in total. The normalized spacial score (nSPS) is 15.1. The molecule has 1 unspecified atom stereocenters. The second kappa shape index (κ2) is 11.4. The first-order chi connectivity index (χ1) is 16.9. The average molecular weight is 511 g/mol. The third kappa shape index (κ3) is 6.61. The predicted octanol–water partition coefficient (Wildman–Crippen LogP) is 4.93. The van der Waals surface area contributed by atoms with Crippen molar-refractivity contribution in [1.29, 1.82) is 0 Å². The zero-order chi connectivity index (χ0) is 24.8. The number of aryl methyl sites for hydroxylation is 2. The summed E-state index contributed by atoms with van der Waals surface area (Å²) in [5.41, 5.74) is 3.22. The number of carboxylic acids is 1. The number of carbonyl (C=O) groups excluding carboxylic acids is 2. The van der Waals surface area contributed by atoms with E-state index >= 15 is 0 Å². The van der Waals surface area contributed by atoms with Crippen molar-refractivity contribution in [2.45, 2.75) is 32.2 Å². The number of carbonyl (C=O) groups is 3. The molecule has 4 rings (SSSR count). The van der Waals surface area contributed by atoms with Crippen molar-refractivity contribution in [2.75, 3.05) is 22.3 Å². The topological polar surface area (TPSA) is 112 Å². The van der Waals surface area contributed by atoms with Gasteiger partial charge in [-0.1, -0.05) is 30.3 Å². The quantitative estimate of drug-likeness (QED) is 0.396. The molecule has 0 saturated carbocycles. The summed E-state index contributed by atoms with van der Waals surface area (Å²) in [6.07, 6.45) is 2.49. The van der Waals surface area contributed by atoms with Gasteiger partial charge < -0.3 is 20.6 Å². The maximum absolute atomic E-state index is 13.1. The zero-order valence-electron chi connectivity index (χ0n) is 19.2. The minimum Gasteiger partial charge on any atom is -0.481 e. The lowest BCUT2D eigenvalue weighted by atomic mass is 10.1. The number of aliphatic carboxylic acids is 1. The molecule has 1 aliphatic heterocycles. The van der Waals surface area contributed by atoms with E-state index in [2.05, 4.69) is 15.6 Å². The Morgan fingerprint density at radius 3 is 2.63 bits per heavy atom. The molecule has 0 bridgehead atoms. The van der Waals surface area contributed by atoms with E-state index in [0.717, 1.165) is 32.5 Å². The lowest BCUT2D eigenvalue weighted by Crippen LogP contribution is -2.32. The van der Waals surface area contributed by atoms with E-state index in [1.807, 2.05) is 48.2 Å². The molecule has 2 heterocycles. The number of nitrogens with one attached hydrogen (secondary N) is 2. The van der Waals surface area contributed by atoms with Crippen LogP contribution < -0.4 is 10.6 Å². The third-order valence-electron chi connectivity index (χ3n) is 5.60. The van der Waals surface area contributed by atoms with Crippen molar-refractivity contribution in [3.8, 4) is 0 Å². The van der Waals surface area contributed by atoms with Crippen LogP contribution in [0.4, 0.5) is 16.2 Å². The van der Waals surface area contributed by atoms with E-state index in [1.54, 1.807) is 30.1 Å².